The summed E-state index contributed by atoms with van der Waals surface area (Å²) in [4.78, 5) is 5.12. The molecular formula is C35H54N2O4. The van der Waals surface area contributed by atoms with Crippen LogP contribution in [0, 0.1) is 22.7 Å². The quantitative estimate of drug-likeness (QED) is 0.277. The van der Waals surface area contributed by atoms with E-state index in [0.717, 1.165) is 83.4 Å². The van der Waals surface area contributed by atoms with Gasteiger partial charge in [-0.25, -0.2) is 0 Å². The fourth-order valence-corrected chi connectivity index (χ4v) is 10.8. The van der Waals surface area contributed by atoms with Crippen molar-refractivity contribution in [3.8, 4) is 0 Å². The highest BCUT2D eigenvalue weighted by Gasteiger charge is 2.70. The molecule has 3 heterocycles. The molecule has 6 atom stereocenters. The number of ether oxygens (including phenoxy) is 2. The monoisotopic (exact) mass is 566 g/mol. The summed E-state index contributed by atoms with van der Waals surface area (Å²) in [6.07, 6.45) is 17.7. The first-order valence-electron chi connectivity index (χ1n) is 17.1. The summed E-state index contributed by atoms with van der Waals surface area (Å²) in [6, 6.07) is 4.14. The second-order valence-electron chi connectivity index (χ2n) is 14.8. The molecule has 4 aliphatic carbocycles. The summed E-state index contributed by atoms with van der Waals surface area (Å²) < 4.78 is 20.3. The first kappa shape index (κ1) is 28.6. The molecule has 0 aromatic carbocycles. The van der Waals surface area contributed by atoms with Crippen LogP contribution in [0.3, 0.4) is 0 Å². The number of hydrogen-bond acceptors (Lipinski definition) is 6. The fourth-order valence-electron chi connectivity index (χ4n) is 10.8. The van der Waals surface area contributed by atoms with Gasteiger partial charge in [-0.1, -0.05) is 25.5 Å². The van der Waals surface area contributed by atoms with Crippen LogP contribution in [0.25, 0.3) is 0 Å². The van der Waals surface area contributed by atoms with E-state index >= 15 is 0 Å². The van der Waals surface area contributed by atoms with Crippen molar-refractivity contribution < 1.29 is 19.0 Å². The van der Waals surface area contributed by atoms with Crippen molar-refractivity contribution in [3.63, 3.8) is 0 Å². The number of fused-ring (bicyclic) bond motifs is 5. The van der Waals surface area contributed by atoms with E-state index in [9.17, 15) is 5.11 Å². The van der Waals surface area contributed by atoms with E-state index in [2.05, 4.69) is 35.8 Å². The van der Waals surface area contributed by atoms with Gasteiger partial charge in [-0.15, -0.1) is 0 Å². The van der Waals surface area contributed by atoms with E-state index in [1.807, 2.05) is 6.07 Å². The topological polar surface area (TPSA) is 58.3 Å². The van der Waals surface area contributed by atoms with Crippen LogP contribution in [-0.2, 0) is 9.47 Å². The molecule has 0 bridgehead atoms. The highest BCUT2D eigenvalue weighted by atomic mass is 16.7. The summed E-state index contributed by atoms with van der Waals surface area (Å²) >= 11 is 0. The molecule has 6 aliphatic rings. The van der Waals surface area contributed by atoms with Gasteiger partial charge in [0.2, 0.25) is 0 Å². The zero-order valence-corrected chi connectivity index (χ0v) is 25.7. The van der Waals surface area contributed by atoms with Crippen molar-refractivity contribution in [2.45, 2.75) is 108 Å². The summed E-state index contributed by atoms with van der Waals surface area (Å²) in [6.45, 7) is 13.1. The van der Waals surface area contributed by atoms with Gasteiger partial charge in [-0.05, 0) is 121 Å². The first-order valence-corrected chi connectivity index (χ1v) is 17.1. The average Bonchev–Trinajstić information content (AvgIpc) is 3.78. The van der Waals surface area contributed by atoms with Crippen LogP contribution in [0.5, 0.6) is 0 Å². The third-order valence-electron chi connectivity index (χ3n) is 13.2. The molecule has 2 aliphatic heterocycles. The Morgan fingerprint density at radius 1 is 0.878 bits per heavy atom. The zero-order chi connectivity index (χ0) is 28.1. The number of likely N-dealkylation sites (tertiary alicyclic amines) is 2. The Hall–Kier alpha value is -1.18. The standard InChI is InChI=1S/C35H54N2O4/c1-32-16-13-28-29(34(32,38)17-14-30(32)31-10-8-24-39-31)12-11-27-9-7-15-35(33(27,28)2,40-25-22-36-18-3-4-19-36)41-26-23-37-20-5-6-21-37/h8,10-11,24,28-30,38H,3-7,9,12-23,25-26H2,1-2H3/t28-,29+,30-,32+,33-,34-/m0/s1. The molecule has 0 amide bonds. The first-order chi connectivity index (χ1) is 19.9. The predicted octanol–water partition coefficient (Wildman–Crippen LogP) is 6.36. The van der Waals surface area contributed by atoms with Gasteiger partial charge in [0.25, 0.3) is 0 Å². The minimum absolute atomic E-state index is 0.168. The Kier molecular flexibility index (Phi) is 7.72. The number of hydrogen-bond donors (Lipinski definition) is 1. The normalized spacial score (nSPS) is 40.8. The average molecular weight is 567 g/mol. The molecule has 0 radical (unpaired) electrons. The largest absolute Gasteiger partial charge is 0.469 e. The fraction of sp³-hybridized carbons (Fsp3) is 0.829. The van der Waals surface area contributed by atoms with Gasteiger partial charge in [0.1, 0.15) is 5.76 Å². The van der Waals surface area contributed by atoms with Crippen molar-refractivity contribution in [2.75, 3.05) is 52.5 Å². The van der Waals surface area contributed by atoms with Crippen molar-refractivity contribution in [1.29, 1.82) is 0 Å². The molecule has 0 unspecified atom stereocenters. The van der Waals surface area contributed by atoms with Crippen LogP contribution in [0.15, 0.2) is 34.5 Å². The summed E-state index contributed by atoms with van der Waals surface area (Å²) in [7, 11) is 0. The number of nitrogens with zero attached hydrogens (tertiary/aromatic N) is 2. The predicted molar refractivity (Wildman–Crippen MR) is 161 cm³/mol. The molecule has 6 nitrogen and oxygen atoms in total. The van der Waals surface area contributed by atoms with Crippen molar-refractivity contribution in [2.24, 2.45) is 22.7 Å². The number of aliphatic hydroxyl groups is 1. The Bertz CT molecular complexity index is 1050. The Morgan fingerprint density at radius 2 is 1.56 bits per heavy atom. The molecular weight excluding hydrogens is 512 g/mol. The second-order valence-corrected chi connectivity index (χ2v) is 14.8. The van der Waals surface area contributed by atoms with Gasteiger partial charge in [0, 0.05) is 36.3 Å². The second kappa shape index (κ2) is 11.1. The molecule has 41 heavy (non-hydrogen) atoms. The van der Waals surface area contributed by atoms with Crippen molar-refractivity contribution >= 4 is 0 Å². The lowest BCUT2D eigenvalue weighted by Crippen LogP contribution is -2.66. The maximum absolute atomic E-state index is 12.8. The van der Waals surface area contributed by atoms with Gasteiger partial charge in [-0.2, -0.15) is 0 Å². The zero-order valence-electron chi connectivity index (χ0n) is 25.7. The maximum Gasteiger partial charge on any atom is 0.177 e. The van der Waals surface area contributed by atoms with Crippen LogP contribution in [0.4, 0.5) is 0 Å². The number of rotatable bonds is 9. The van der Waals surface area contributed by atoms with Crippen LogP contribution < -0.4 is 0 Å². The van der Waals surface area contributed by atoms with E-state index < -0.39 is 11.4 Å². The van der Waals surface area contributed by atoms with E-state index in [1.54, 1.807) is 11.8 Å². The molecule has 228 valence electrons. The van der Waals surface area contributed by atoms with Gasteiger partial charge in [0.15, 0.2) is 5.79 Å². The summed E-state index contributed by atoms with van der Waals surface area (Å²) in [5.74, 6) is 1.30. The van der Waals surface area contributed by atoms with Gasteiger partial charge in [-0.3, -0.25) is 0 Å². The Balaban J connectivity index is 1.19. The molecule has 7 rings (SSSR count). The minimum atomic E-state index is -0.702. The van der Waals surface area contributed by atoms with E-state index in [0.29, 0.717) is 5.92 Å². The Labute approximate surface area is 247 Å². The van der Waals surface area contributed by atoms with E-state index in [4.69, 9.17) is 13.9 Å². The smallest absolute Gasteiger partial charge is 0.177 e. The van der Waals surface area contributed by atoms with Crippen LogP contribution >= 0.6 is 0 Å². The highest BCUT2D eigenvalue weighted by molar-refractivity contribution is 5.32. The van der Waals surface area contributed by atoms with Crippen LogP contribution in [-0.4, -0.2) is 78.8 Å². The SMILES string of the molecule is C[C@]12C(=CC[C@@H]3[C@@H]1CC[C@]1(C)[C@H](c4ccco4)CC[C@]31O)CCCC2(OCCN1CCCC1)OCCN1CCCC1. The molecule has 0 spiro atoms. The number of allylic oxidation sites excluding steroid dienone is 1. The molecule has 3 saturated carbocycles. The van der Waals surface area contributed by atoms with E-state index in [1.165, 1.54) is 51.9 Å². The molecule has 1 aromatic heterocycles. The molecule has 1 N–H and O–H groups in total. The van der Waals surface area contributed by atoms with Crippen molar-refractivity contribution in [3.05, 3.63) is 35.8 Å². The van der Waals surface area contributed by atoms with Crippen LogP contribution in [0.2, 0.25) is 0 Å². The highest BCUT2D eigenvalue weighted by Crippen LogP contribution is 2.71. The lowest BCUT2D eigenvalue weighted by molar-refractivity contribution is -0.325. The molecule has 5 fully saturated rings. The molecule has 2 saturated heterocycles. The lowest BCUT2D eigenvalue weighted by Gasteiger charge is -2.64. The lowest BCUT2D eigenvalue weighted by atomic mass is 9.44. The minimum Gasteiger partial charge on any atom is -0.469 e. The Morgan fingerprint density at radius 3 is 2.20 bits per heavy atom. The van der Waals surface area contributed by atoms with E-state index in [-0.39, 0.29) is 22.7 Å². The van der Waals surface area contributed by atoms with Crippen LogP contribution in [0.1, 0.15) is 103 Å². The van der Waals surface area contributed by atoms with Gasteiger partial charge >= 0.3 is 0 Å². The molecule has 1 aromatic rings. The van der Waals surface area contributed by atoms with Gasteiger partial charge < -0.3 is 28.8 Å². The van der Waals surface area contributed by atoms with Crippen molar-refractivity contribution in [1.82, 2.24) is 9.80 Å². The summed E-state index contributed by atoms with van der Waals surface area (Å²) in [5, 5.41) is 12.8. The number of furan rings is 1. The third-order valence-corrected chi connectivity index (χ3v) is 13.2. The third kappa shape index (κ3) is 4.53. The van der Waals surface area contributed by atoms with Gasteiger partial charge in [0.05, 0.1) is 25.1 Å². The summed E-state index contributed by atoms with van der Waals surface area (Å²) in [5.41, 5.74) is 0.453. The maximum atomic E-state index is 12.8. The molecule has 6 heteroatoms.